The van der Waals surface area contributed by atoms with Crippen LogP contribution in [0, 0.1) is 0 Å². The maximum atomic E-state index is 12.3. The van der Waals surface area contributed by atoms with E-state index in [1.165, 1.54) is 5.56 Å². The summed E-state index contributed by atoms with van der Waals surface area (Å²) in [6, 6.07) is 20.0. The van der Waals surface area contributed by atoms with Crippen LogP contribution in [-0.4, -0.2) is 53.6 Å². The molecule has 2 heterocycles. The highest BCUT2D eigenvalue weighted by Gasteiger charge is 2.47. The van der Waals surface area contributed by atoms with Crippen molar-refractivity contribution in [3.05, 3.63) is 84.2 Å². The van der Waals surface area contributed by atoms with Crippen LogP contribution in [0.5, 0.6) is 0 Å². The van der Waals surface area contributed by atoms with Gasteiger partial charge in [0.25, 0.3) is 5.91 Å². The van der Waals surface area contributed by atoms with Crippen molar-refractivity contribution in [1.29, 1.82) is 0 Å². The molecule has 0 atom stereocenters. The number of rotatable bonds is 5. The molecule has 1 saturated carbocycles. The van der Waals surface area contributed by atoms with Crippen LogP contribution in [0.4, 0.5) is 11.6 Å². The molecular weight excluding hydrogens is 424 g/mol. The van der Waals surface area contributed by atoms with Crippen molar-refractivity contribution in [2.45, 2.75) is 36.8 Å². The first kappa shape index (κ1) is 22.5. The predicted octanol–water partition coefficient (Wildman–Crippen LogP) is 3.87. The Bertz CT molecular complexity index is 1110. The lowest BCUT2D eigenvalue weighted by Crippen LogP contribution is -2.53. The van der Waals surface area contributed by atoms with Gasteiger partial charge in [-0.1, -0.05) is 48.5 Å². The molecule has 2 aromatic carbocycles. The zero-order valence-electron chi connectivity index (χ0n) is 19.9. The summed E-state index contributed by atoms with van der Waals surface area (Å²) in [6.07, 6.45) is 8.05. The third-order valence-corrected chi connectivity index (χ3v) is 7.60. The van der Waals surface area contributed by atoms with E-state index >= 15 is 0 Å². The van der Waals surface area contributed by atoms with Crippen molar-refractivity contribution in [2.75, 3.05) is 37.5 Å². The van der Waals surface area contributed by atoms with Crippen molar-refractivity contribution in [1.82, 2.24) is 20.2 Å². The number of carbonyl (C=O) groups is 1. The maximum Gasteiger partial charge on any atom is 0.258 e. The summed E-state index contributed by atoms with van der Waals surface area (Å²) in [5.41, 5.74) is 3.15. The summed E-state index contributed by atoms with van der Waals surface area (Å²) in [4.78, 5) is 25.8. The zero-order valence-corrected chi connectivity index (χ0v) is 19.9. The molecule has 34 heavy (non-hydrogen) atoms. The van der Waals surface area contributed by atoms with Crippen LogP contribution >= 0.6 is 0 Å². The average molecular weight is 457 g/mol. The minimum Gasteiger partial charge on any atom is -0.354 e. The van der Waals surface area contributed by atoms with Gasteiger partial charge < -0.3 is 4.90 Å². The second-order valence-electron chi connectivity index (χ2n) is 9.69. The number of carbonyl (C=O) groups excluding carboxylic acids is 1. The topological polar surface area (TPSA) is 73.4 Å². The Hall–Kier alpha value is -3.29. The highest BCUT2D eigenvalue weighted by molar-refractivity contribution is 6.03. The van der Waals surface area contributed by atoms with Gasteiger partial charge in [-0.05, 0) is 57.5 Å². The van der Waals surface area contributed by atoms with Crippen LogP contribution in [0.2, 0.25) is 0 Å². The highest BCUT2D eigenvalue weighted by Crippen LogP contribution is 2.46. The normalized spacial score (nSPS) is 24.5. The lowest BCUT2D eigenvalue weighted by atomic mass is 9.69. The van der Waals surface area contributed by atoms with E-state index in [4.69, 9.17) is 0 Å². The van der Waals surface area contributed by atoms with E-state index < -0.39 is 0 Å². The molecule has 2 N–H and O–H groups in total. The van der Waals surface area contributed by atoms with Gasteiger partial charge >= 0.3 is 0 Å². The Morgan fingerprint density at radius 1 is 0.941 bits per heavy atom. The van der Waals surface area contributed by atoms with Gasteiger partial charge in [0.2, 0.25) is 5.95 Å². The minimum absolute atomic E-state index is 0.0866. The Balaban J connectivity index is 1.23. The van der Waals surface area contributed by atoms with E-state index in [9.17, 15) is 4.79 Å². The molecule has 176 valence electrons. The molecule has 1 amide bonds. The molecule has 0 radical (unpaired) electrons. The van der Waals surface area contributed by atoms with E-state index in [1.54, 1.807) is 24.5 Å². The second kappa shape index (κ2) is 9.16. The van der Waals surface area contributed by atoms with Gasteiger partial charge in [0.1, 0.15) is 0 Å². The predicted molar refractivity (Wildman–Crippen MR) is 135 cm³/mol. The van der Waals surface area contributed by atoms with Gasteiger partial charge in [0.15, 0.2) is 0 Å². The van der Waals surface area contributed by atoms with Crippen molar-refractivity contribution < 1.29 is 4.79 Å². The second-order valence-corrected chi connectivity index (χ2v) is 9.69. The monoisotopic (exact) mass is 456 g/mol. The minimum atomic E-state index is -0.208. The van der Waals surface area contributed by atoms with E-state index in [-0.39, 0.29) is 17.0 Å². The lowest BCUT2D eigenvalue weighted by Gasteiger charge is -2.49. The van der Waals surface area contributed by atoms with Crippen LogP contribution in [0.15, 0.2) is 73.1 Å². The van der Waals surface area contributed by atoms with Gasteiger partial charge in [0, 0.05) is 23.2 Å². The summed E-state index contributed by atoms with van der Waals surface area (Å²) in [5.74, 6) is 0.107. The van der Waals surface area contributed by atoms with Crippen LogP contribution in [0.3, 0.4) is 0 Å². The Kier molecular flexibility index (Phi) is 6.06. The fourth-order valence-corrected chi connectivity index (χ4v) is 5.45. The molecular formula is C27H32N6O. The number of nitrogens with zero attached hydrogens (tertiary/aromatic N) is 4. The van der Waals surface area contributed by atoms with Gasteiger partial charge in [-0.2, -0.15) is 0 Å². The molecule has 7 heteroatoms. The SMILES string of the molecule is CN(C)[C@]1(c2ccccc2)CC[C@]2(CC1)CN(c1cnc(NC(=O)c3ccccc3)nc1)CN2. The number of amides is 1. The van der Waals surface area contributed by atoms with Crippen molar-refractivity contribution >= 4 is 17.5 Å². The molecule has 5 rings (SSSR count). The first-order chi connectivity index (χ1) is 16.5. The van der Waals surface area contributed by atoms with Crippen molar-refractivity contribution in [3.63, 3.8) is 0 Å². The Morgan fingerprint density at radius 3 is 2.18 bits per heavy atom. The summed E-state index contributed by atoms with van der Waals surface area (Å²) in [5, 5.41) is 6.57. The molecule has 7 nitrogen and oxygen atoms in total. The molecule has 1 saturated heterocycles. The molecule has 1 aliphatic heterocycles. The van der Waals surface area contributed by atoms with Gasteiger partial charge in [0.05, 0.1) is 24.7 Å². The number of hydrogen-bond acceptors (Lipinski definition) is 6. The third kappa shape index (κ3) is 4.29. The first-order valence-corrected chi connectivity index (χ1v) is 11.9. The first-order valence-electron chi connectivity index (χ1n) is 11.9. The van der Waals surface area contributed by atoms with E-state index in [2.05, 4.69) is 74.8 Å². The standard InChI is InChI=1S/C27H32N6O/c1-32(2)27(22-11-7-4-8-12-22)15-13-26(14-16-27)19-33(20-30-26)23-17-28-25(29-18-23)31-24(34)21-9-5-3-6-10-21/h3-12,17-18,30H,13-16,19-20H2,1-2H3,(H,28,29,31,34)/t26-,27+. The van der Waals surface area contributed by atoms with Crippen molar-refractivity contribution in [3.8, 4) is 0 Å². The van der Waals surface area contributed by atoms with Gasteiger partial charge in [-0.25, -0.2) is 9.97 Å². The maximum absolute atomic E-state index is 12.3. The fourth-order valence-electron chi connectivity index (χ4n) is 5.45. The molecule has 0 bridgehead atoms. The van der Waals surface area contributed by atoms with Crippen molar-refractivity contribution in [2.24, 2.45) is 0 Å². The quantitative estimate of drug-likeness (QED) is 0.607. The average Bonchev–Trinajstić information content (AvgIpc) is 3.29. The van der Waals surface area contributed by atoms with Crippen LogP contribution in [0.25, 0.3) is 0 Å². The fraction of sp³-hybridized carbons (Fsp3) is 0.370. The Morgan fingerprint density at radius 2 is 1.56 bits per heavy atom. The van der Waals surface area contributed by atoms with E-state index in [0.717, 1.165) is 44.6 Å². The van der Waals surface area contributed by atoms with Gasteiger partial charge in [-0.3, -0.25) is 20.3 Å². The number of benzene rings is 2. The third-order valence-electron chi connectivity index (χ3n) is 7.60. The largest absolute Gasteiger partial charge is 0.354 e. The summed E-state index contributed by atoms with van der Waals surface area (Å²) >= 11 is 0. The zero-order chi connectivity index (χ0) is 23.6. The number of nitrogens with one attached hydrogen (secondary N) is 2. The number of hydrogen-bond donors (Lipinski definition) is 2. The van der Waals surface area contributed by atoms with E-state index in [0.29, 0.717) is 11.5 Å². The molecule has 2 aliphatic rings. The molecule has 2 fully saturated rings. The molecule has 0 unspecified atom stereocenters. The number of aromatic nitrogens is 2. The molecule has 1 aromatic heterocycles. The van der Waals surface area contributed by atoms with Crippen LogP contribution in [-0.2, 0) is 5.54 Å². The van der Waals surface area contributed by atoms with Crippen LogP contribution in [0.1, 0.15) is 41.6 Å². The Labute approximate surface area is 201 Å². The molecule has 3 aromatic rings. The summed E-state index contributed by atoms with van der Waals surface area (Å²) < 4.78 is 0. The summed E-state index contributed by atoms with van der Waals surface area (Å²) in [6.45, 7) is 1.71. The molecule has 1 spiro atoms. The summed E-state index contributed by atoms with van der Waals surface area (Å²) in [7, 11) is 4.41. The number of anilines is 2. The van der Waals surface area contributed by atoms with E-state index in [1.807, 2.05) is 18.2 Å². The smallest absolute Gasteiger partial charge is 0.258 e. The lowest BCUT2D eigenvalue weighted by molar-refractivity contribution is 0.0646. The van der Waals surface area contributed by atoms with Crippen LogP contribution < -0.4 is 15.5 Å². The van der Waals surface area contributed by atoms with Gasteiger partial charge in [-0.15, -0.1) is 0 Å². The highest BCUT2D eigenvalue weighted by atomic mass is 16.1. The molecule has 1 aliphatic carbocycles.